The number of carbonyl (C=O) groups excluding carboxylic acids is 3. The molecule has 2 amide bonds. The lowest BCUT2D eigenvalue weighted by molar-refractivity contribution is -0.149. The highest BCUT2D eigenvalue weighted by Crippen LogP contribution is 2.25. The van der Waals surface area contributed by atoms with Crippen molar-refractivity contribution in [3.05, 3.63) is 41.4 Å². The number of rotatable bonds is 7. The summed E-state index contributed by atoms with van der Waals surface area (Å²) in [5.41, 5.74) is 0.318. The molecule has 0 radical (unpaired) electrons. The van der Waals surface area contributed by atoms with E-state index in [1.807, 2.05) is 0 Å². The number of urea groups is 1. The largest absolute Gasteiger partial charge is 0.463 e. The highest BCUT2D eigenvalue weighted by molar-refractivity contribution is 7.89. The van der Waals surface area contributed by atoms with E-state index >= 15 is 0 Å². The molecule has 2 aliphatic rings. The fraction of sp³-hybridized carbons (Fsp3) is 0.476. The molecule has 1 saturated heterocycles. The van der Waals surface area contributed by atoms with Crippen molar-refractivity contribution in [2.75, 3.05) is 26.3 Å². The van der Waals surface area contributed by atoms with Gasteiger partial charge in [0.05, 0.1) is 34.7 Å². The first-order valence-electron chi connectivity index (χ1n) is 10.5. The van der Waals surface area contributed by atoms with Crippen LogP contribution in [0.3, 0.4) is 0 Å². The molecule has 0 bridgehead atoms. The fourth-order valence-corrected chi connectivity index (χ4v) is 5.21. The molecule has 0 spiro atoms. The van der Waals surface area contributed by atoms with Crippen LogP contribution in [0.1, 0.15) is 26.7 Å². The first-order chi connectivity index (χ1) is 15.6. The molecule has 2 N–H and O–H groups in total. The molecule has 1 unspecified atom stereocenters. The van der Waals surface area contributed by atoms with Gasteiger partial charge in [-0.15, -0.1) is 0 Å². The van der Waals surface area contributed by atoms with Crippen molar-refractivity contribution >= 4 is 28.0 Å². The summed E-state index contributed by atoms with van der Waals surface area (Å²) >= 11 is 0. The SMILES string of the molecule is CCOC(=O)C1=C(COC(=O)C2CCN(S(=O)(=O)c3ccc(F)cc3)CC2)NC(=O)NC1C. The van der Waals surface area contributed by atoms with Crippen LogP contribution in [0.5, 0.6) is 0 Å². The Labute approximate surface area is 191 Å². The molecule has 0 aromatic heterocycles. The van der Waals surface area contributed by atoms with Gasteiger partial charge in [-0.2, -0.15) is 4.31 Å². The van der Waals surface area contributed by atoms with Crippen LogP contribution >= 0.6 is 0 Å². The molecule has 1 atom stereocenters. The van der Waals surface area contributed by atoms with Crippen LogP contribution in [0, 0.1) is 11.7 Å². The summed E-state index contributed by atoms with van der Waals surface area (Å²) in [6, 6.07) is 3.42. The Bertz CT molecular complexity index is 1050. The summed E-state index contributed by atoms with van der Waals surface area (Å²) in [5, 5.41) is 5.03. The molecular formula is C21H26FN3O7S. The quantitative estimate of drug-likeness (QED) is 0.559. The van der Waals surface area contributed by atoms with Gasteiger partial charge in [0, 0.05) is 13.1 Å². The van der Waals surface area contributed by atoms with Gasteiger partial charge in [0.1, 0.15) is 12.4 Å². The number of hydrogen-bond donors (Lipinski definition) is 2. The standard InChI is InChI=1S/C21H26FN3O7S/c1-3-31-20(27)18-13(2)23-21(28)24-17(18)12-32-19(26)14-8-10-25(11-9-14)33(29,30)16-6-4-15(22)5-7-16/h4-7,13-14H,3,8-12H2,1-2H3,(H2,23,24,28). The predicted octanol–water partition coefficient (Wildman–Crippen LogP) is 1.29. The lowest BCUT2D eigenvalue weighted by atomic mass is 9.98. The zero-order valence-electron chi connectivity index (χ0n) is 18.3. The van der Waals surface area contributed by atoms with Crippen LogP contribution < -0.4 is 10.6 Å². The molecule has 1 fully saturated rings. The summed E-state index contributed by atoms with van der Waals surface area (Å²) in [6.07, 6.45) is 0.487. The summed E-state index contributed by atoms with van der Waals surface area (Å²) in [4.78, 5) is 36.6. The third-order valence-corrected chi connectivity index (χ3v) is 7.38. The minimum absolute atomic E-state index is 0.0147. The van der Waals surface area contributed by atoms with Crippen molar-refractivity contribution < 1.29 is 36.7 Å². The Morgan fingerprint density at radius 1 is 1.15 bits per heavy atom. The first-order valence-corrected chi connectivity index (χ1v) is 12.0. The van der Waals surface area contributed by atoms with Crippen molar-refractivity contribution in [2.45, 2.75) is 37.6 Å². The van der Waals surface area contributed by atoms with Crippen LogP contribution in [0.2, 0.25) is 0 Å². The minimum atomic E-state index is -3.79. The van der Waals surface area contributed by atoms with Crippen molar-refractivity contribution in [3.8, 4) is 0 Å². The van der Waals surface area contributed by atoms with E-state index in [2.05, 4.69) is 10.6 Å². The van der Waals surface area contributed by atoms with Crippen molar-refractivity contribution in [3.63, 3.8) is 0 Å². The van der Waals surface area contributed by atoms with Gasteiger partial charge in [0.2, 0.25) is 10.0 Å². The van der Waals surface area contributed by atoms with Gasteiger partial charge in [-0.05, 0) is 51.0 Å². The lowest BCUT2D eigenvalue weighted by Gasteiger charge is -2.30. The van der Waals surface area contributed by atoms with E-state index in [1.54, 1.807) is 13.8 Å². The number of piperidine rings is 1. The zero-order valence-corrected chi connectivity index (χ0v) is 19.1. The Hall–Kier alpha value is -2.99. The second-order valence-electron chi connectivity index (χ2n) is 7.67. The molecule has 33 heavy (non-hydrogen) atoms. The smallest absolute Gasteiger partial charge is 0.338 e. The zero-order chi connectivity index (χ0) is 24.2. The lowest BCUT2D eigenvalue weighted by Crippen LogP contribution is -2.50. The van der Waals surface area contributed by atoms with Crippen LogP contribution in [0.25, 0.3) is 0 Å². The number of benzene rings is 1. The van der Waals surface area contributed by atoms with Crippen molar-refractivity contribution in [1.82, 2.24) is 14.9 Å². The van der Waals surface area contributed by atoms with E-state index in [-0.39, 0.29) is 55.3 Å². The number of esters is 2. The molecule has 0 saturated carbocycles. The Morgan fingerprint density at radius 2 is 1.79 bits per heavy atom. The second-order valence-corrected chi connectivity index (χ2v) is 9.61. The fourth-order valence-electron chi connectivity index (χ4n) is 3.74. The predicted molar refractivity (Wildman–Crippen MR) is 114 cm³/mol. The number of ether oxygens (including phenoxy) is 2. The van der Waals surface area contributed by atoms with E-state index in [0.717, 1.165) is 12.1 Å². The number of nitrogens with zero attached hydrogens (tertiary/aromatic N) is 1. The summed E-state index contributed by atoms with van der Waals surface area (Å²) in [5.74, 6) is -2.24. The third-order valence-electron chi connectivity index (χ3n) is 5.46. The van der Waals surface area contributed by atoms with Gasteiger partial charge in [-0.25, -0.2) is 22.4 Å². The number of halogens is 1. The highest BCUT2D eigenvalue weighted by Gasteiger charge is 2.34. The second kappa shape index (κ2) is 10.3. The molecule has 1 aromatic rings. The van der Waals surface area contributed by atoms with E-state index in [1.165, 1.54) is 16.4 Å². The number of sulfonamides is 1. The Morgan fingerprint density at radius 3 is 2.39 bits per heavy atom. The van der Waals surface area contributed by atoms with Gasteiger partial charge in [0.25, 0.3) is 0 Å². The molecule has 1 aromatic carbocycles. The van der Waals surface area contributed by atoms with E-state index < -0.39 is 45.8 Å². The number of hydrogen-bond acceptors (Lipinski definition) is 7. The molecule has 12 heteroatoms. The van der Waals surface area contributed by atoms with Crippen LogP contribution in [-0.4, -0.2) is 63.0 Å². The molecule has 2 heterocycles. The maximum absolute atomic E-state index is 13.1. The van der Waals surface area contributed by atoms with Gasteiger partial charge in [-0.3, -0.25) is 4.79 Å². The monoisotopic (exact) mass is 483 g/mol. The van der Waals surface area contributed by atoms with Gasteiger partial charge in [0.15, 0.2) is 0 Å². The molecule has 10 nitrogen and oxygen atoms in total. The maximum atomic E-state index is 13.1. The van der Waals surface area contributed by atoms with Gasteiger partial charge < -0.3 is 20.1 Å². The Balaban J connectivity index is 1.60. The first kappa shape index (κ1) is 24.6. The molecular weight excluding hydrogens is 457 g/mol. The third kappa shape index (κ3) is 5.69. The number of nitrogens with one attached hydrogen (secondary N) is 2. The average Bonchev–Trinajstić information content (AvgIpc) is 2.77. The maximum Gasteiger partial charge on any atom is 0.338 e. The minimum Gasteiger partial charge on any atom is -0.463 e. The van der Waals surface area contributed by atoms with Gasteiger partial charge >= 0.3 is 18.0 Å². The van der Waals surface area contributed by atoms with Crippen molar-refractivity contribution in [2.24, 2.45) is 5.92 Å². The Kier molecular flexibility index (Phi) is 7.69. The topological polar surface area (TPSA) is 131 Å². The average molecular weight is 484 g/mol. The summed E-state index contributed by atoms with van der Waals surface area (Å²) in [6.45, 7) is 3.31. The molecule has 3 rings (SSSR count). The number of amides is 2. The summed E-state index contributed by atoms with van der Waals surface area (Å²) in [7, 11) is -3.79. The normalized spacial score (nSPS) is 20.1. The van der Waals surface area contributed by atoms with Crippen LogP contribution in [0.4, 0.5) is 9.18 Å². The van der Waals surface area contributed by atoms with Gasteiger partial charge in [-0.1, -0.05) is 0 Å². The highest BCUT2D eigenvalue weighted by atomic mass is 32.2. The molecule has 2 aliphatic heterocycles. The van der Waals surface area contributed by atoms with Crippen molar-refractivity contribution in [1.29, 1.82) is 0 Å². The van der Waals surface area contributed by atoms with Crippen LogP contribution in [-0.2, 0) is 29.1 Å². The number of carbonyl (C=O) groups is 3. The summed E-state index contributed by atoms with van der Waals surface area (Å²) < 4.78 is 50.1. The van der Waals surface area contributed by atoms with Crippen LogP contribution in [0.15, 0.2) is 40.4 Å². The van der Waals surface area contributed by atoms with E-state index in [9.17, 15) is 27.2 Å². The van der Waals surface area contributed by atoms with E-state index in [0.29, 0.717) is 0 Å². The van der Waals surface area contributed by atoms with E-state index in [4.69, 9.17) is 9.47 Å². The molecule has 0 aliphatic carbocycles. The molecule has 180 valence electrons.